The molecule has 8 nitrogen and oxygen atoms in total. The number of likely N-dealkylation sites (tertiary alicyclic amines) is 1. The third-order valence-corrected chi connectivity index (χ3v) is 7.57. The van der Waals surface area contributed by atoms with E-state index in [2.05, 4.69) is 25.7 Å². The summed E-state index contributed by atoms with van der Waals surface area (Å²) in [6.45, 7) is 7.31. The molecular weight excluding hydrogens is 464 g/mol. The van der Waals surface area contributed by atoms with Crippen molar-refractivity contribution in [1.82, 2.24) is 20.0 Å². The summed E-state index contributed by atoms with van der Waals surface area (Å²) in [5.74, 6) is 1.76. The Balaban J connectivity index is 1.26. The van der Waals surface area contributed by atoms with Crippen LogP contribution in [0.25, 0.3) is 11.3 Å². The summed E-state index contributed by atoms with van der Waals surface area (Å²) in [6, 6.07) is 7.69. The molecule has 3 aromatic rings. The van der Waals surface area contributed by atoms with Crippen LogP contribution in [-0.2, 0) is 4.79 Å². The summed E-state index contributed by atoms with van der Waals surface area (Å²) in [7, 11) is 0. The van der Waals surface area contributed by atoms with E-state index in [1.807, 2.05) is 44.3 Å². The largest absolute Gasteiger partial charge is 0.361 e. The first-order valence-electron chi connectivity index (χ1n) is 13.8. The second-order valence-electron chi connectivity index (χ2n) is 10.5. The highest BCUT2D eigenvalue weighted by Crippen LogP contribution is 2.39. The highest BCUT2D eigenvalue weighted by atomic mass is 16.5. The van der Waals surface area contributed by atoms with E-state index in [4.69, 9.17) is 9.51 Å². The minimum absolute atomic E-state index is 0.0448. The van der Waals surface area contributed by atoms with Gasteiger partial charge in [0.1, 0.15) is 5.76 Å². The number of aryl methyl sites for hydroxylation is 2. The second kappa shape index (κ2) is 11.9. The van der Waals surface area contributed by atoms with Crippen LogP contribution in [0.2, 0.25) is 0 Å². The lowest BCUT2D eigenvalue weighted by molar-refractivity contribution is -0.116. The van der Waals surface area contributed by atoms with Gasteiger partial charge in [-0.05, 0) is 89.3 Å². The van der Waals surface area contributed by atoms with Crippen LogP contribution in [-0.4, -0.2) is 45.6 Å². The molecule has 2 N–H and O–H groups in total. The Kier molecular flexibility index (Phi) is 8.14. The standard InChI is InChI=1S/C29H38N6O2/c1-20-19-30-29(33-27(20)26-21(2)37-34-28(26)22-10-4-3-5-11-22)32-24-13-8-12-23(18-24)31-25(36)14-9-17-35-15-6-7-16-35/h8,12-13,18-19,22H,3-7,9-11,14-17H2,1-2H3,(H,31,36)(H,30,32,33). The zero-order valence-electron chi connectivity index (χ0n) is 22.1. The molecule has 1 amide bonds. The van der Waals surface area contributed by atoms with Gasteiger partial charge < -0.3 is 20.1 Å². The molecule has 0 atom stereocenters. The molecule has 1 aliphatic carbocycles. The Hall–Kier alpha value is -3.26. The lowest BCUT2D eigenvalue weighted by Gasteiger charge is -2.20. The Labute approximate surface area is 219 Å². The summed E-state index contributed by atoms with van der Waals surface area (Å²) >= 11 is 0. The van der Waals surface area contributed by atoms with Crippen molar-refractivity contribution in [2.24, 2.45) is 0 Å². The van der Waals surface area contributed by atoms with Crippen molar-refractivity contribution in [3.05, 3.63) is 47.5 Å². The van der Waals surface area contributed by atoms with E-state index in [0.717, 1.165) is 78.5 Å². The van der Waals surface area contributed by atoms with Gasteiger partial charge in [-0.25, -0.2) is 9.97 Å². The molecule has 37 heavy (non-hydrogen) atoms. The van der Waals surface area contributed by atoms with Crippen LogP contribution in [0, 0.1) is 13.8 Å². The number of benzene rings is 1. The van der Waals surface area contributed by atoms with Crippen LogP contribution in [0.5, 0.6) is 0 Å². The number of hydrogen-bond acceptors (Lipinski definition) is 7. The predicted octanol–water partition coefficient (Wildman–Crippen LogP) is 6.35. The maximum Gasteiger partial charge on any atom is 0.227 e. The molecule has 1 saturated carbocycles. The van der Waals surface area contributed by atoms with E-state index in [1.54, 1.807) is 0 Å². The molecule has 0 bridgehead atoms. The third kappa shape index (κ3) is 6.36. The average molecular weight is 503 g/mol. The molecule has 1 aromatic carbocycles. The summed E-state index contributed by atoms with van der Waals surface area (Å²) in [4.78, 5) is 24.3. The lowest BCUT2D eigenvalue weighted by atomic mass is 9.84. The second-order valence-corrected chi connectivity index (χ2v) is 10.5. The van der Waals surface area contributed by atoms with E-state index < -0.39 is 0 Å². The number of nitrogens with one attached hydrogen (secondary N) is 2. The van der Waals surface area contributed by atoms with Gasteiger partial charge in [0.25, 0.3) is 0 Å². The fraction of sp³-hybridized carbons (Fsp3) is 0.517. The fourth-order valence-electron chi connectivity index (χ4n) is 5.58. The minimum Gasteiger partial charge on any atom is -0.361 e. The maximum absolute atomic E-state index is 12.5. The number of rotatable bonds is 9. The molecule has 2 fully saturated rings. The van der Waals surface area contributed by atoms with Gasteiger partial charge in [-0.1, -0.05) is 30.5 Å². The number of aromatic nitrogens is 3. The Morgan fingerprint density at radius 3 is 2.68 bits per heavy atom. The van der Waals surface area contributed by atoms with Gasteiger partial charge in [0.2, 0.25) is 11.9 Å². The molecule has 1 aliphatic heterocycles. The molecule has 0 unspecified atom stereocenters. The number of nitrogens with zero attached hydrogens (tertiary/aromatic N) is 4. The van der Waals surface area contributed by atoms with Crippen molar-refractivity contribution in [1.29, 1.82) is 0 Å². The number of amides is 1. The van der Waals surface area contributed by atoms with Gasteiger partial charge in [0.15, 0.2) is 0 Å². The van der Waals surface area contributed by atoms with Crippen molar-refractivity contribution in [3.63, 3.8) is 0 Å². The molecular formula is C29H38N6O2. The van der Waals surface area contributed by atoms with Crippen LogP contribution in [0.4, 0.5) is 17.3 Å². The molecule has 5 rings (SSSR count). The molecule has 2 aliphatic rings. The average Bonchev–Trinajstić information content (AvgIpc) is 3.56. The number of carbonyl (C=O) groups excluding carboxylic acids is 1. The molecule has 8 heteroatoms. The van der Waals surface area contributed by atoms with Crippen molar-refractivity contribution < 1.29 is 9.32 Å². The molecule has 2 aromatic heterocycles. The number of hydrogen-bond donors (Lipinski definition) is 2. The van der Waals surface area contributed by atoms with Crippen LogP contribution in [0.1, 0.15) is 80.7 Å². The SMILES string of the molecule is Cc1cnc(Nc2cccc(NC(=O)CCCN3CCCC3)c2)nc1-c1c(C2CCCCC2)noc1C. The van der Waals surface area contributed by atoms with Crippen molar-refractivity contribution in [2.45, 2.75) is 77.6 Å². The number of carbonyl (C=O) groups is 1. The predicted molar refractivity (Wildman–Crippen MR) is 146 cm³/mol. The summed E-state index contributed by atoms with van der Waals surface area (Å²) in [5.41, 5.74) is 5.46. The van der Waals surface area contributed by atoms with Gasteiger partial charge in [0, 0.05) is 29.9 Å². The quantitative estimate of drug-likeness (QED) is 0.352. The molecule has 1 saturated heterocycles. The molecule has 0 radical (unpaired) electrons. The van der Waals surface area contributed by atoms with Crippen LogP contribution in [0.3, 0.4) is 0 Å². The third-order valence-electron chi connectivity index (χ3n) is 7.57. The summed E-state index contributed by atoms with van der Waals surface area (Å²) in [5, 5.41) is 10.8. The van der Waals surface area contributed by atoms with E-state index in [9.17, 15) is 4.79 Å². The first-order valence-corrected chi connectivity index (χ1v) is 13.8. The summed E-state index contributed by atoms with van der Waals surface area (Å²) < 4.78 is 5.65. The highest BCUT2D eigenvalue weighted by molar-refractivity contribution is 5.91. The molecule has 3 heterocycles. The minimum atomic E-state index is 0.0448. The zero-order chi connectivity index (χ0) is 25.6. The first kappa shape index (κ1) is 25.4. The van der Waals surface area contributed by atoms with Gasteiger partial charge >= 0.3 is 0 Å². The molecule has 196 valence electrons. The summed E-state index contributed by atoms with van der Waals surface area (Å²) in [6.07, 6.45) is 11.9. The van der Waals surface area contributed by atoms with Crippen molar-refractivity contribution in [3.8, 4) is 11.3 Å². The monoisotopic (exact) mass is 502 g/mol. The van der Waals surface area contributed by atoms with E-state index >= 15 is 0 Å². The number of anilines is 3. The first-order chi connectivity index (χ1) is 18.1. The topological polar surface area (TPSA) is 96.2 Å². The van der Waals surface area contributed by atoms with Gasteiger partial charge in [-0.3, -0.25) is 4.79 Å². The highest BCUT2D eigenvalue weighted by Gasteiger charge is 2.26. The van der Waals surface area contributed by atoms with Gasteiger partial charge in [-0.2, -0.15) is 0 Å². The van der Waals surface area contributed by atoms with E-state index in [-0.39, 0.29) is 5.91 Å². The Morgan fingerprint density at radius 1 is 1.08 bits per heavy atom. The van der Waals surface area contributed by atoms with E-state index in [0.29, 0.717) is 18.3 Å². The van der Waals surface area contributed by atoms with Crippen LogP contribution in [0.15, 0.2) is 35.0 Å². The molecule has 0 spiro atoms. The Morgan fingerprint density at radius 2 is 1.86 bits per heavy atom. The smallest absolute Gasteiger partial charge is 0.227 e. The van der Waals surface area contributed by atoms with Gasteiger partial charge in [-0.15, -0.1) is 0 Å². The lowest BCUT2D eigenvalue weighted by Crippen LogP contribution is -2.22. The van der Waals surface area contributed by atoms with Gasteiger partial charge in [0.05, 0.1) is 17.0 Å². The maximum atomic E-state index is 12.5. The van der Waals surface area contributed by atoms with E-state index in [1.165, 1.54) is 32.1 Å². The zero-order valence-corrected chi connectivity index (χ0v) is 22.1. The van der Waals surface area contributed by atoms with Crippen molar-refractivity contribution >= 4 is 23.2 Å². The van der Waals surface area contributed by atoms with Crippen LogP contribution >= 0.6 is 0 Å². The van der Waals surface area contributed by atoms with Crippen LogP contribution < -0.4 is 10.6 Å². The van der Waals surface area contributed by atoms with Crippen molar-refractivity contribution in [2.75, 3.05) is 30.3 Å². The fourth-order valence-corrected chi connectivity index (χ4v) is 5.58. The Bertz CT molecular complexity index is 1210. The normalized spacial score (nSPS) is 16.7.